The number of esters is 1. The minimum Gasteiger partial charge on any atom is -0.461 e. The molecule has 0 unspecified atom stereocenters. The van der Waals surface area contributed by atoms with Crippen molar-refractivity contribution in [2.24, 2.45) is 5.92 Å². The molecule has 0 spiro atoms. The third-order valence-corrected chi connectivity index (χ3v) is 9.41. The first kappa shape index (κ1) is 42.1. The Morgan fingerprint density at radius 2 is 0.891 bits per heavy atom. The minimum atomic E-state index is -0.383. The van der Waals surface area contributed by atoms with Crippen molar-refractivity contribution in [2.75, 3.05) is 0 Å². The highest BCUT2D eigenvalue weighted by molar-refractivity contribution is 5.84. The molecule has 0 aliphatic rings. The third-order valence-electron chi connectivity index (χ3n) is 9.41. The van der Waals surface area contributed by atoms with Crippen LogP contribution in [-0.2, 0) is 25.7 Å². The van der Waals surface area contributed by atoms with Crippen LogP contribution in [0.15, 0.2) is 30.3 Å². The summed E-state index contributed by atoms with van der Waals surface area (Å²) in [5.41, 5.74) is 0.961. The summed E-state index contributed by atoms with van der Waals surface area (Å²) in [4.78, 5) is 38.3. The molecule has 1 aromatic carbocycles. The fourth-order valence-electron chi connectivity index (χ4n) is 6.34. The molecule has 1 atom stereocenters. The Morgan fingerprint density at radius 3 is 1.35 bits per heavy atom. The smallest absolute Gasteiger partial charge is 0.309 e. The molecule has 0 saturated heterocycles. The van der Waals surface area contributed by atoms with E-state index in [1.54, 1.807) is 0 Å². The maximum absolute atomic E-state index is 13.0. The van der Waals surface area contributed by atoms with E-state index in [-0.39, 0.29) is 30.7 Å². The predicted molar refractivity (Wildman–Crippen MR) is 195 cm³/mol. The van der Waals surface area contributed by atoms with E-state index in [0.717, 1.165) is 44.1 Å². The van der Waals surface area contributed by atoms with Crippen molar-refractivity contribution in [1.29, 1.82) is 0 Å². The molecule has 0 fully saturated rings. The Balaban J connectivity index is 2.25. The van der Waals surface area contributed by atoms with Gasteiger partial charge in [-0.2, -0.15) is 0 Å². The Kier molecular flexibility index (Phi) is 28.9. The molecule has 46 heavy (non-hydrogen) atoms. The lowest BCUT2D eigenvalue weighted by Crippen LogP contribution is -2.21. The van der Waals surface area contributed by atoms with E-state index in [0.29, 0.717) is 31.5 Å². The molecule has 1 rings (SSSR count). The zero-order chi connectivity index (χ0) is 33.3. The van der Waals surface area contributed by atoms with Crippen LogP contribution in [0.5, 0.6) is 0 Å². The largest absolute Gasteiger partial charge is 0.461 e. The van der Waals surface area contributed by atoms with Crippen molar-refractivity contribution in [3.63, 3.8) is 0 Å². The quantitative estimate of drug-likeness (QED) is 0.0555. The normalized spacial score (nSPS) is 11.9. The van der Waals surface area contributed by atoms with Crippen LogP contribution >= 0.6 is 0 Å². The van der Waals surface area contributed by atoms with Crippen molar-refractivity contribution < 1.29 is 19.1 Å². The highest BCUT2D eigenvalue weighted by atomic mass is 16.5. The van der Waals surface area contributed by atoms with Gasteiger partial charge in [0.2, 0.25) is 0 Å². The van der Waals surface area contributed by atoms with Crippen LogP contribution in [0.1, 0.15) is 206 Å². The number of ketones is 2. The van der Waals surface area contributed by atoms with Gasteiger partial charge in [0.25, 0.3) is 0 Å². The maximum Gasteiger partial charge on any atom is 0.309 e. The van der Waals surface area contributed by atoms with Gasteiger partial charge in [-0.3, -0.25) is 14.4 Å². The molecule has 0 saturated carbocycles. The van der Waals surface area contributed by atoms with Gasteiger partial charge in [0, 0.05) is 25.7 Å². The summed E-state index contributed by atoms with van der Waals surface area (Å²) in [5, 5.41) is 0. The lowest BCUT2D eigenvalue weighted by molar-refractivity contribution is -0.151. The van der Waals surface area contributed by atoms with Gasteiger partial charge in [-0.25, -0.2) is 0 Å². The average molecular weight is 641 g/mol. The second kappa shape index (κ2) is 31.6. The number of carbonyl (C=O) groups is 3. The van der Waals surface area contributed by atoms with Gasteiger partial charge < -0.3 is 4.74 Å². The van der Waals surface area contributed by atoms with Gasteiger partial charge in [0.1, 0.15) is 18.2 Å². The average Bonchev–Trinajstić information content (AvgIpc) is 3.06. The van der Waals surface area contributed by atoms with E-state index >= 15 is 0 Å². The minimum absolute atomic E-state index is 0.184. The topological polar surface area (TPSA) is 60.4 Å². The molecule has 0 aliphatic heterocycles. The van der Waals surface area contributed by atoms with Crippen molar-refractivity contribution in [2.45, 2.75) is 207 Å². The van der Waals surface area contributed by atoms with Crippen LogP contribution in [-0.4, -0.2) is 17.5 Å². The molecule has 1 aromatic rings. The highest BCUT2D eigenvalue weighted by Crippen LogP contribution is 2.21. The molecule has 0 aromatic heterocycles. The zero-order valence-electron chi connectivity index (χ0n) is 30.3. The number of carbonyl (C=O) groups excluding carboxylic acids is 3. The zero-order valence-corrected chi connectivity index (χ0v) is 30.3. The predicted octanol–water partition coefficient (Wildman–Crippen LogP) is 12.8. The van der Waals surface area contributed by atoms with Gasteiger partial charge in [0.05, 0.1) is 5.92 Å². The Hall–Kier alpha value is -1.97. The number of Topliss-reactive ketones (excluding diaryl/α,β-unsaturated/α-hetero) is 2. The number of hydrogen-bond donors (Lipinski definition) is 0. The van der Waals surface area contributed by atoms with E-state index in [1.807, 2.05) is 30.3 Å². The first-order valence-electron chi connectivity index (χ1n) is 19.8. The molecule has 4 heteroatoms. The van der Waals surface area contributed by atoms with Crippen LogP contribution in [0, 0.1) is 5.92 Å². The summed E-state index contributed by atoms with van der Waals surface area (Å²) in [7, 11) is 0. The van der Waals surface area contributed by atoms with Crippen molar-refractivity contribution in [3.8, 4) is 0 Å². The van der Waals surface area contributed by atoms with E-state index in [1.165, 1.54) is 116 Å². The summed E-state index contributed by atoms with van der Waals surface area (Å²) < 4.78 is 5.65. The number of benzene rings is 1. The lowest BCUT2D eigenvalue weighted by Gasteiger charge is -2.16. The van der Waals surface area contributed by atoms with Crippen LogP contribution in [0.2, 0.25) is 0 Å². The Morgan fingerprint density at radius 1 is 0.500 bits per heavy atom. The molecule has 0 N–H and O–H groups in total. The lowest BCUT2D eigenvalue weighted by atomic mass is 9.93. The molecule has 0 aliphatic carbocycles. The second-order valence-corrected chi connectivity index (χ2v) is 13.9. The molecule has 4 nitrogen and oxygen atoms in total. The summed E-state index contributed by atoms with van der Waals surface area (Å²) in [5.74, 6) is -0.0794. The van der Waals surface area contributed by atoms with Gasteiger partial charge in [-0.05, 0) is 31.2 Å². The van der Waals surface area contributed by atoms with Crippen LogP contribution in [0.25, 0.3) is 0 Å². The molecule has 0 bridgehead atoms. The monoisotopic (exact) mass is 641 g/mol. The summed E-state index contributed by atoms with van der Waals surface area (Å²) in [6.07, 6.45) is 32.2. The van der Waals surface area contributed by atoms with E-state index in [9.17, 15) is 14.4 Å². The van der Waals surface area contributed by atoms with Crippen LogP contribution < -0.4 is 0 Å². The third kappa shape index (κ3) is 26.1. The van der Waals surface area contributed by atoms with Gasteiger partial charge in [-0.1, -0.05) is 179 Å². The van der Waals surface area contributed by atoms with Gasteiger partial charge in [-0.15, -0.1) is 0 Å². The second-order valence-electron chi connectivity index (χ2n) is 13.9. The van der Waals surface area contributed by atoms with Crippen LogP contribution in [0.4, 0.5) is 0 Å². The molecule has 264 valence electrons. The fourth-order valence-corrected chi connectivity index (χ4v) is 6.34. The Bertz CT molecular complexity index is 848. The number of ether oxygens (including phenoxy) is 1. The first-order chi connectivity index (χ1) is 22.6. The maximum atomic E-state index is 13.0. The Labute approximate surface area is 284 Å². The summed E-state index contributed by atoms with van der Waals surface area (Å²) in [6.45, 7) is 4.76. The molecular formula is C42H72O4. The first-order valence-corrected chi connectivity index (χ1v) is 19.8. The van der Waals surface area contributed by atoms with E-state index in [4.69, 9.17) is 4.74 Å². The summed E-state index contributed by atoms with van der Waals surface area (Å²) in [6, 6.07) is 9.73. The van der Waals surface area contributed by atoms with Crippen molar-refractivity contribution in [1.82, 2.24) is 0 Å². The van der Waals surface area contributed by atoms with Crippen molar-refractivity contribution in [3.05, 3.63) is 35.9 Å². The fraction of sp³-hybridized carbons (Fsp3) is 0.786. The molecule has 0 radical (unpaired) electrons. The van der Waals surface area contributed by atoms with Gasteiger partial charge >= 0.3 is 5.97 Å². The van der Waals surface area contributed by atoms with Gasteiger partial charge in [0.15, 0.2) is 0 Å². The SMILES string of the molecule is CCCCCCCCCCCCCC(=O)C[C@@H](CCCCCC(=O)CCCCCCCCCCCC)C(=O)OCc1ccccc1. The molecule has 0 amide bonds. The van der Waals surface area contributed by atoms with E-state index in [2.05, 4.69) is 13.8 Å². The van der Waals surface area contributed by atoms with Crippen LogP contribution in [0.3, 0.4) is 0 Å². The molecule has 0 heterocycles. The highest BCUT2D eigenvalue weighted by Gasteiger charge is 2.23. The number of unbranched alkanes of at least 4 members (excludes halogenated alkanes) is 21. The van der Waals surface area contributed by atoms with Crippen molar-refractivity contribution >= 4 is 17.5 Å². The molecular weight excluding hydrogens is 568 g/mol. The summed E-state index contributed by atoms with van der Waals surface area (Å²) >= 11 is 0. The number of rotatable bonds is 34. The van der Waals surface area contributed by atoms with E-state index < -0.39 is 0 Å². The number of hydrogen-bond acceptors (Lipinski definition) is 4. The standard InChI is InChI=1S/C42H72O4/c1-3-5-7-9-11-13-15-17-19-21-28-35-41(44)36-39(42(45)46-37-38-30-24-22-25-31-38)32-26-23-29-34-40(43)33-27-20-18-16-14-12-10-8-6-4-2/h22,24-25,30-31,39H,3-21,23,26-29,32-37H2,1-2H3/t39-/m1/s1.